The summed E-state index contributed by atoms with van der Waals surface area (Å²) in [5.41, 5.74) is 7.39. The maximum Gasteiger partial charge on any atom is 0.253 e. The fourth-order valence-corrected chi connectivity index (χ4v) is 1.69. The zero-order valence-corrected chi connectivity index (χ0v) is 10.3. The van der Waals surface area contributed by atoms with Crippen LogP contribution in [0.3, 0.4) is 0 Å². The molecule has 2 rings (SSSR count). The molecule has 0 spiro atoms. The van der Waals surface area contributed by atoms with Gasteiger partial charge in [0.05, 0.1) is 5.56 Å². The number of nitrogen functional groups attached to an aromatic ring is 1. The number of nitrogens with zero attached hydrogens (tertiary/aromatic N) is 1. The average molecular weight is 262 g/mol. The Balaban J connectivity index is 2.06. The molecule has 0 unspecified atom stereocenters. The van der Waals surface area contributed by atoms with Gasteiger partial charge in [-0.3, -0.25) is 9.78 Å². The highest BCUT2D eigenvalue weighted by Crippen LogP contribution is 2.14. The van der Waals surface area contributed by atoms with Crippen molar-refractivity contribution in [2.24, 2.45) is 0 Å². The van der Waals surface area contributed by atoms with Crippen LogP contribution in [0.25, 0.3) is 0 Å². The van der Waals surface area contributed by atoms with Gasteiger partial charge in [0.2, 0.25) is 0 Å². The summed E-state index contributed by atoms with van der Waals surface area (Å²) in [6, 6.07) is 8.59. The number of rotatable bonds is 3. The zero-order chi connectivity index (χ0) is 13.0. The number of nitrogens with one attached hydrogen (secondary N) is 1. The van der Waals surface area contributed by atoms with E-state index >= 15 is 0 Å². The number of nitrogens with two attached hydrogens (primary N) is 1. The van der Waals surface area contributed by atoms with Crippen LogP contribution in [0.5, 0.6) is 0 Å². The number of pyridine rings is 1. The van der Waals surface area contributed by atoms with Crippen molar-refractivity contribution in [1.82, 2.24) is 10.3 Å². The van der Waals surface area contributed by atoms with Crippen LogP contribution in [0.1, 0.15) is 15.9 Å². The van der Waals surface area contributed by atoms with E-state index in [4.69, 9.17) is 17.3 Å². The molecule has 92 valence electrons. The van der Waals surface area contributed by atoms with Crippen LogP contribution < -0.4 is 11.1 Å². The largest absolute Gasteiger partial charge is 0.398 e. The maximum absolute atomic E-state index is 11.9. The van der Waals surface area contributed by atoms with Gasteiger partial charge in [0.25, 0.3) is 5.91 Å². The highest BCUT2D eigenvalue weighted by atomic mass is 35.5. The summed E-state index contributed by atoms with van der Waals surface area (Å²) in [7, 11) is 0. The number of halogens is 1. The molecule has 0 atom stereocenters. The Morgan fingerprint density at radius 3 is 2.83 bits per heavy atom. The first-order valence-electron chi connectivity index (χ1n) is 5.39. The lowest BCUT2D eigenvalue weighted by atomic mass is 10.1. The van der Waals surface area contributed by atoms with E-state index in [1.165, 1.54) is 0 Å². The van der Waals surface area contributed by atoms with Gasteiger partial charge in [-0.05, 0) is 18.2 Å². The Labute approximate surface area is 110 Å². The predicted molar refractivity (Wildman–Crippen MR) is 71.3 cm³/mol. The van der Waals surface area contributed by atoms with Crippen LogP contribution in [0.4, 0.5) is 5.69 Å². The Morgan fingerprint density at radius 1 is 1.33 bits per heavy atom. The molecule has 0 aliphatic heterocycles. The summed E-state index contributed by atoms with van der Waals surface area (Å²) in [5.74, 6) is -0.229. The number of anilines is 1. The lowest BCUT2D eigenvalue weighted by Gasteiger charge is -2.08. The van der Waals surface area contributed by atoms with Gasteiger partial charge in [0.1, 0.15) is 0 Å². The lowest BCUT2D eigenvalue weighted by molar-refractivity contribution is 0.0952. The molecule has 0 bridgehead atoms. The molecular formula is C13H12ClN3O. The van der Waals surface area contributed by atoms with Gasteiger partial charge in [-0.25, -0.2) is 0 Å². The number of carbonyl (C=O) groups is 1. The minimum Gasteiger partial charge on any atom is -0.398 e. The predicted octanol–water partition coefficient (Wildman–Crippen LogP) is 2.25. The van der Waals surface area contributed by atoms with Crippen LogP contribution in [-0.2, 0) is 6.54 Å². The zero-order valence-electron chi connectivity index (χ0n) is 9.56. The quantitative estimate of drug-likeness (QED) is 0.833. The van der Waals surface area contributed by atoms with Crippen LogP contribution in [0.15, 0.2) is 42.7 Å². The molecule has 2 aromatic rings. The minimum atomic E-state index is -0.229. The second-order valence-electron chi connectivity index (χ2n) is 3.74. The van der Waals surface area contributed by atoms with Gasteiger partial charge in [0.15, 0.2) is 0 Å². The minimum absolute atomic E-state index is 0.229. The lowest BCUT2D eigenvalue weighted by Crippen LogP contribution is -2.23. The van der Waals surface area contributed by atoms with Crippen molar-refractivity contribution in [3.8, 4) is 0 Å². The fraction of sp³-hybridized carbons (Fsp3) is 0.0769. The first kappa shape index (κ1) is 12.4. The molecular weight excluding hydrogens is 250 g/mol. The molecule has 0 saturated carbocycles. The summed E-state index contributed by atoms with van der Waals surface area (Å²) >= 11 is 5.97. The first-order valence-corrected chi connectivity index (χ1v) is 5.77. The van der Waals surface area contributed by atoms with E-state index in [-0.39, 0.29) is 5.91 Å². The summed E-state index contributed by atoms with van der Waals surface area (Å²) in [6.07, 6.45) is 3.22. The Hall–Kier alpha value is -2.07. The standard InChI is InChI=1S/C13H12ClN3O/c14-11-5-6-16-7-9(11)8-17-13(18)10-3-1-2-4-12(10)15/h1-7H,8,15H2,(H,17,18). The molecule has 0 aliphatic rings. The number of carbonyl (C=O) groups excluding carboxylic acids is 1. The highest BCUT2D eigenvalue weighted by Gasteiger charge is 2.09. The third-order valence-corrected chi connectivity index (χ3v) is 2.86. The topological polar surface area (TPSA) is 68.0 Å². The normalized spacial score (nSPS) is 10.1. The van der Waals surface area contributed by atoms with Gasteiger partial charge in [-0.2, -0.15) is 0 Å². The number of amides is 1. The summed E-state index contributed by atoms with van der Waals surface area (Å²) < 4.78 is 0. The maximum atomic E-state index is 11.9. The van der Waals surface area contributed by atoms with Crippen molar-refractivity contribution >= 4 is 23.2 Å². The van der Waals surface area contributed by atoms with E-state index in [1.54, 1.807) is 42.7 Å². The van der Waals surface area contributed by atoms with E-state index in [1.807, 2.05) is 0 Å². The Morgan fingerprint density at radius 2 is 2.11 bits per heavy atom. The van der Waals surface area contributed by atoms with Crippen LogP contribution >= 0.6 is 11.6 Å². The third kappa shape index (κ3) is 2.78. The van der Waals surface area contributed by atoms with Crippen molar-refractivity contribution in [1.29, 1.82) is 0 Å². The van der Waals surface area contributed by atoms with E-state index in [2.05, 4.69) is 10.3 Å². The van der Waals surface area contributed by atoms with Gasteiger partial charge >= 0.3 is 0 Å². The van der Waals surface area contributed by atoms with Crippen molar-refractivity contribution in [3.63, 3.8) is 0 Å². The number of aromatic nitrogens is 1. The van der Waals surface area contributed by atoms with Crippen LogP contribution in [0.2, 0.25) is 5.02 Å². The van der Waals surface area contributed by atoms with Crippen molar-refractivity contribution in [3.05, 3.63) is 58.9 Å². The van der Waals surface area contributed by atoms with Crippen LogP contribution in [-0.4, -0.2) is 10.9 Å². The van der Waals surface area contributed by atoms with Gasteiger partial charge in [0, 0.05) is 35.2 Å². The third-order valence-electron chi connectivity index (χ3n) is 2.49. The SMILES string of the molecule is Nc1ccccc1C(=O)NCc1cnccc1Cl. The number of benzene rings is 1. The second kappa shape index (κ2) is 5.51. The van der Waals surface area contributed by atoms with Crippen molar-refractivity contribution in [2.45, 2.75) is 6.54 Å². The van der Waals surface area contributed by atoms with E-state index in [9.17, 15) is 4.79 Å². The van der Waals surface area contributed by atoms with E-state index in [0.29, 0.717) is 22.8 Å². The molecule has 1 aromatic carbocycles. The number of hydrogen-bond donors (Lipinski definition) is 2. The highest BCUT2D eigenvalue weighted by molar-refractivity contribution is 6.31. The summed E-state index contributed by atoms with van der Waals surface area (Å²) in [6.45, 7) is 0.319. The molecule has 3 N–H and O–H groups in total. The molecule has 0 fully saturated rings. The summed E-state index contributed by atoms with van der Waals surface area (Å²) in [4.78, 5) is 15.8. The molecule has 1 amide bonds. The van der Waals surface area contributed by atoms with Crippen molar-refractivity contribution < 1.29 is 4.79 Å². The Bertz CT molecular complexity index is 572. The van der Waals surface area contributed by atoms with E-state index < -0.39 is 0 Å². The molecule has 1 aromatic heterocycles. The average Bonchev–Trinajstić information content (AvgIpc) is 2.38. The molecule has 4 nitrogen and oxygen atoms in total. The Kier molecular flexibility index (Phi) is 3.79. The molecule has 0 radical (unpaired) electrons. The smallest absolute Gasteiger partial charge is 0.253 e. The van der Waals surface area contributed by atoms with E-state index in [0.717, 1.165) is 5.56 Å². The monoisotopic (exact) mass is 261 g/mol. The molecule has 1 heterocycles. The molecule has 18 heavy (non-hydrogen) atoms. The van der Waals surface area contributed by atoms with Crippen molar-refractivity contribution in [2.75, 3.05) is 5.73 Å². The molecule has 5 heteroatoms. The summed E-state index contributed by atoms with van der Waals surface area (Å²) in [5, 5.41) is 3.33. The fourth-order valence-electron chi connectivity index (χ4n) is 1.51. The number of hydrogen-bond acceptors (Lipinski definition) is 3. The number of para-hydroxylation sites is 1. The second-order valence-corrected chi connectivity index (χ2v) is 4.14. The molecule has 0 aliphatic carbocycles. The van der Waals surface area contributed by atoms with Crippen LogP contribution in [0, 0.1) is 0 Å². The van der Waals surface area contributed by atoms with Gasteiger partial charge in [-0.15, -0.1) is 0 Å². The molecule has 0 saturated heterocycles. The van der Waals surface area contributed by atoms with Gasteiger partial charge < -0.3 is 11.1 Å². The van der Waals surface area contributed by atoms with Gasteiger partial charge in [-0.1, -0.05) is 23.7 Å². The first-order chi connectivity index (χ1) is 8.68.